The molecule has 3 rings (SSSR count). The van der Waals surface area contributed by atoms with Crippen LogP contribution in [0.15, 0.2) is 18.2 Å². The molecule has 2 aliphatic carbocycles. The molecule has 2 aliphatic rings. The highest BCUT2D eigenvalue weighted by atomic mass is 35.5. The zero-order valence-corrected chi connectivity index (χ0v) is 15.8. The van der Waals surface area contributed by atoms with Crippen LogP contribution in [0.5, 0.6) is 0 Å². The second-order valence-corrected chi connectivity index (χ2v) is 8.07. The van der Waals surface area contributed by atoms with Gasteiger partial charge < -0.3 is 15.5 Å². The van der Waals surface area contributed by atoms with Crippen molar-refractivity contribution in [2.75, 3.05) is 20.6 Å². The van der Waals surface area contributed by atoms with Crippen molar-refractivity contribution in [1.29, 1.82) is 0 Å². The maximum atomic E-state index is 14.2. The molecule has 3 nitrogen and oxygen atoms in total. The van der Waals surface area contributed by atoms with Crippen LogP contribution < -0.4 is 10.6 Å². The summed E-state index contributed by atoms with van der Waals surface area (Å²) in [5, 5.41) is 7.82. The second kappa shape index (κ2) is 7.54. The molecule has 0 amide bonds. The fourth-order valence-corrected chi connectivity index (χ4v) is 4.73. The highest BCUT2D eigenvalue weighted by molar-refractivity contribution is 7.80. The van der Waals surface area contributed by atoms with Crippen LogP contribution in [0, 0.1) is 17.7 Å². The third-order valence-electron chi connectivity index (χ3n) is 5.47. The Hall–Kier alpha value is -0.910. The van der Waals surface area contributed by atoms with E-state index in [2.05, 4.69) is 10.6 Å². The molecule has 0 spiro atoms. The lowest BCUT2D eigenvalue weighted by Gasteiger charge is -2.29. The quantitative estimate of drug-likeness (QED) is 0.773. The molecule has 1 aromatic carbocycles. The average Bonchev–Trinajstić information content (AvgIpc) is 3.12. The third-order valence-corrected chi connectivity index (χ3v) is 6.06. The van der Waals surface area contributed by atoms with E-state index in [-0.39, 0.29) is 11.9 Å². The Morgan fingerprint density at radius 2 is 2.17 bits per heavy atom. The van der Waals surface area contributed by atoms with Gasteiger partial charge in [0.2, 0.25) is 0 Å². The summed E-state index contributed by atoms with van der Waals surface area (Å²) < 4.78 is 14.2. The number of nitrogens with zero attached hydrogens (tertiary/aromatic N) is 1. The minimum atomic E-state index is -0.282. The predicted molar refractivity (Wildman–Crippen MR) is 101 cm³/mol. The van der Waals surface area contributed by atoms with E-state index in [9.17, 15) is 4.39 Å². The van der Waals surface area contributed by atoms with Gasteiger partial charge in [-0.25, -0.2) is 4.39 Å². The topological polar surface area (TPSA) is 27.3 Å². The van der Waals surface area contributed by atoms with Gasteiger partial charge in [-0.1, -0.05) is 24.1 Å². The molecule has 0 radical (unpaired) electrons. The summed E-state index contributed by atoms with van der Waals surface area (Å²) in [4.78, 5) is 1.96. The first-order chi connectivity index (χ1) is 11.5. The van der Waals surface area contributed by atoms with Crippen molar-refractivity contribution in [2.45, 2.75) is 37.8 Å². The van der Waals surface area contributed by atoms with Gasteiger partial charge >= 0.3 is 0 Å². The van der Waals surface area contributed by atoms with E-state index in [1.807, 2.05) is 19.0 Å². The Labute approximate surface area is 153 Å². The second-order valence-electron chi connectivity index (χ2n) is 7.25. The van der Waals surface area contributed by atoms with E-state index < -0.39 is 0 Å². The van der Waals surface area contributed by atoms with Gasteiger partial charge in [-0.05, 0) is 69.5 Å². The van der Waals surface area contributed by atoms with Crippen molar-refractivity contribution in [3.8, 4) is 0 Å². The van der Waals surface area contributed by atoms with Crippen LogP contribution in [0.2, 0.25) is 5.02 Å². The number of halogens is 2. The SMILES string of the molecule is CN(C)[C@@H](CNC(=S)N[C@@H]1C[C@@H]2CC[C@@H]1C2)c1c(F)cccc1Cl. The summed E-state index contributed by atoms with van der Waals surface area (Å²) in [7, 11) is 3.84. The fraction of sp³-hybridized carbons (Fsp3) is 0.611. The van der Waals surface area contributed by atoms with Crippen molar-refractivity contribution in [3.63, 3.8) is 0 Å². The lowest BCUT2D eigenvalue weighted by molar-refractivity contribution is 0.290. The molecule has 0 heterocycles. The molecule has 2 bridgehead atoms. The van der Waals surface area contributed by atoms with Gasteiger partial charge in [-0.15, -0.1) is 0 Å². The molecule has 4 atom stereocenters. The molecule has 2 fully saturated rings. The first kappa shape index (κ1) is 17.9. The Balaban J connectivity index is 1.59. The number of hydrogen-bond acceptors (Lipinski definition) is 2. The number of benzene rings is 1. The molecule has 0 unspecified atom stereocenters. The van der Waals surface area contributed by atoms with Gasteiger partial charge in [-0.2, -0.15) is 0 Å². The number of nitrogens with one attached hydrogen (secondary N) is 2. The van der Waals surface area contributed by atoms with Crippen LogP contribution >= 0.6 is 23.8 Å². The number of fused-ring (bicyclic) bond motifs is 2. The zero-order chi connectivity index (χ0) is 17.3. The molecule has 0 aliphatic heterocycles. The van der Waals surface area contributed by atoms with Crippen molar-refractivity contribution < 1.29 is 4.39 Å². The Bertz CT molecular complexity index is 590. The van der Waals surface area contributed by atoms with Gasteiger partial charge in [0.15, 0.2) is 5.11 Å². The molecular weight excluding hydrogens is 345 g/mol. The van der Waals surface area contributed by atoms with Gasteiger partial charge in [0, 0.05) is 23.2 Å². The van der Waals surface area contributed by atoms with Gasteiger partial charge in [0.05, 0.1) is 6.04 Å². The summed E-state index contributed by atoms with van der Waals surface area (Å²) in [6.45, 7) is 0.514. The van der Waals surface area contributed by atoms with Crippen LogP contribution in [0.1, 0.15) is 37.3 Å². The fourth-order valence-electron chi connectivity index (χ4n) is 4.20. The van der Waals surface area contributed by atoms with E-state index >= 15 is 0 Å². The maximum absolute atomic E-state index is 14.2. The number of thiocarbonyl (C=S) groups is 1. The number of likely N-dealkylation sites (N-methyl/N-ethyl adjacent to an activating group) is 1. The maximum Gasteiger partial charge on any atom is 0.166 e. The predicted octanol–water partition coefficient (Wildman–Crippen LogP) is 3.73. The summed E-state index contributed by atoms with van der Waals surface area (Å²) in [6, 6.07) is 5.12. The van der Waals surface area contributed by atoms with Crippen LogP contribution in [-0.4, -0.2) is 36.7 Å². The largest absolute Gasteiger partial charge is 0.361 e. The van der Waals surface area contributed by atoms with Crippen molar-refractivity contribution in [3.05, 3.63) is 34.6 Å². The molecule has 6 heteroatoms. The van der Waals surface area contributed by atoms with E-state index in [1.54, 1.807) is 12.1 Å². The first-order valence-electron chi connectivity index (χ1n) is 8.60. The Morgan fingerprint density at radius 3 is 2.75 bits per heavy atom. The summed E-state index contributed by atoms with van der Waals surface area (Å²) in [5.41, 5.74) is 0.513. The lowest BCUT2D eigenvalue weighted by atomic mass is 9.95. The highest BCUT2D eigenvalue weighted by Gasteiger charge is 2.39. The smallest absolute Gasteiger partial charge is 0.166 e. The highest BCUT2D eigenvalue weighted by Crippen LogP contribution is 2.44. The van der Waals surface area contributed by atoms with Gasteiger partial charge in [-0.3, -0.25) is 0 Å². The van der Waals surface area contributed by atoms with Crippen LogP contribution in [0.25, 0.3) is 0 Å². The number of rotatable bonds is 5. The van der Waals surface area contributed by atoms with Crippen molar-refractivity contribution in [2.24, 2.45) is 11.8 Å². The molecule has 24 heavy (non-hydrogen) atoms. The van der Waals surface area contributed by atoms with E-state index in [0.29, 0.717) is 28.3 Å². The van der Waals surface area contributed by atoms with Crippen LogP contribution in [0.4, 0.5) is 4.39 Å². The molecule has 0 aromatic heterocycles. The van der Waals surface area contributed by atoms with Crippen LogP contribution in [-0.2, 0) is 0 Å². The molecule has 2 saturated carbocycles. The summed E-state index contributed by atoms with van der Waals surface area (Å²) in [6.07, 6.45) is 5.25. The first-order valence-corrected chi connectivity index (χ1v) is 9.39. The molecule has 0 saturated heterocycles. The minimum absolute atomic E-state index is 0.182. The number of hydrogen-bond donors (Lipinski definition) is 2. The third kappa shape index (κ3) is 3.84. The molecule has 132 valence electrons. The van der Waals surface area contributed by atoms with Gasteiger partial charge in [0.1, 0.15) is 5.82 Å². The van der Waals surface area contributed by atoms with Gasteiger partial charge in [0.25, 0.3) is 0 Å². The van der Waals surface area contributed by atoms with Crippen molar-refractivity contribution >= 4 is 28.9 Å². The Kier molecular flexibility index (Phi) is 5.63. The van der Waals surface area contributed by atoms with E-state index in [4.69, 9.17) is 23.8 Å². The van der Waals surface area contributed by atoms with E-state index in [1.165, 1.54) is 31.7 Å². The standard InChI is InChI=1S/C18H25ClFN3S/c1-23(2)16(17-13(19)4-3-5-14(17)20)10-21-18(24)22-15-9-11-6-7-12(15)8-11/h3-5,11-12,15-16H,6-10H2,1-2H3,(H2,21,22,24)/t11-,12-,15-,16+/m1/s1. The molecular formula is C18H25ClFN3S. The molecule has 2 N–H and O–H groups in total. The van der Waals surface area contributed by atoms with E-state index in [0.717, 1.165) is 11.8 Å². The van der Waals surface area contributed by atoms with Crippen molar-refractivity contribution in [1.82, 2.24) is 15.5 Å². The summed E-state index contributed by atoms with van der Waals surface area (Å²) in [5.74, 6) is 1.36. The monoisotopic (exact) mass is 369 g/mol. The summed E-state index contributed by atoms with van der Waals surface area (Å²) >= 11 is 11.7. The zero-order valence-electron chi connectivity index (χ0n) is 14.2. The molecule has 1 aromatic rings. The minimum Gasteiger partial charge on any atom is -0.361 e. The average molecular weight is 370 g/mol. The van der Waals surface area contributed by atoms with Crippen LogP contribution in [0.3, 0.4) is 0 Å². The Morgan fingerprint density at radius 1 is 1.38 bits per heavy atom. The normalized spacial score (nSPS) is 26.6. The lowest BCUT2D eigenvalue weighted by Crippen LogP contribution is -2.46.